The van der Waals surface area contributed by atoms with Gasteiger partial charge in [0.1, 0.15) is 5.82 Å². The maximum atomic E-state index is 12.7. The van der Waals surface area contributed by atoms with Crippen LogP contribution in [0.3, 0.4) is 0 Å². The summed E-state index contributed by atoms with van der Waals surface area (Å²) in [5, 5.41) is 0. The van der Waals surface area contributed by atoms with Crippen LogP contribution in [-0.4, -0.2) is 24.2 Å². The second kappa shape index (κ2) is 4.84. The zero-order chi connectivity index (χ0) is 12.5. The number of hydrogen-bond donors (Lipinski definition) is 0. The van der Waals surface area contributed by atoms with Crippen LogP contribution in [0.15, 0.2) is 22.8 Å². The highest BCUT2D eigenvalue weighted by Crippen LogP contribution is 2.35. The van der Waals surface area contributed by atoms with E-state index < -0.39 is 12.1 Å². The number of alkyl halides is 3. The third-order valence-electron chi connectivity index (χ3n) is 2.92. The van der Waals surface area contributed by atoms with E-state index in [1.807, 2.05) is 0 Å². The molecule has 0 aromatic carbocycles. The van der Waals surface area contributed by atoms with Crippen LogP contribution in [0.1, 0.15) is 12.8 Å². The molecule has 2 heterocycles. The molecule has 0 radical (unpaired) electrons. The number of halogens is 4. The van der Waals surface area contributed by atoms with Gasteiger partial charge in [0.05, 0.1) is 10.4 Å². The first kappa shape index (κ1) is 12.7. The molecule has 0 amide bonds. The number of anilines is 1. The summed E-state index contributed by atoms with van der Waals surface area (Å²) in [5.41, 5.74) is 0. The number of hydrogen-bond acceptors (Lipinski definition) is 2. The minimum atomic E-state index is -4.11. The highest BCUT2D eigenvalue weighted by Gasteiger charge is 2.42. The molecular weight excluding hydrogens is 297 g/mol. The number of rotatable bonds is 1. The monoisotopic (exact) mass is 308 g/mol. The number of piperidine rings is 1. The van der Waals surface area contributed by atoms with Crippen molar-refractivity contribution in [1.82, 2.24) is 4.98 Å². The fraction of sp³-hybridized carbons (Fsp3) is 0.545. The van der Waals surface area contributed by atoms with Crippen molar-refractivity contribution in [2.75, 3.05) is 18.0 Å². The summed E-state index contributed by atoms with van der Waals surface area (Å²) in [6.45, 7) is 0.626. The lowest BCUT2D eigenvalue weighted by molar-refractivity contribution is -0.176. The fourth-order valence-electron chi connectivity index (χ4n) is 2.05. The van der Waals surface area contributed by atoms with Gasteiger partial charge in [0, 0.05) is 19.3 Å². The predicted octanol–water partition coefficient (Wildman–Crippen LogP) is 3.62. The van der Waals surface area contributed by atoms with E-state index in [0.29, 0.717) is 18.8 Å². The zero-order valence-corrected chi connectivity index (χ0v) is 10.6. The van der Waals surface area contributed by atoms with Gasteiger partial charge in [0.2, 0.25) is 0 Å². The smallest absolute Gasteiger partial charge is 0.355 e. The van der Waals surface area contributed by atoms with Crippen molar-refractivity contribution in [2.45, 2.75) is 19.0 Å². The van der Waals surface area contributed by atoms with Crippen LogP contribution in [0.5, 0.6) is 0 Å². The van der Waals surface area contributed by atoms with Gasteiger partial charge in [-0.05, 0) is 40.9 Å². The molecule has 94 valence electrons. The summed E-state index contributed by atoms with van der Waals surface area (Å²) in [4.78, 5) is 5.83. The minimum absolute atomic E-state index is 0.000880. The molecule has 1 saturated heterocycles. The highest BCUT2D eigenvalue weighted by molar-refractivity contribution is 9.10. The first-order valence-corrected chi connectivity index (χ1v) is 6.20. The van der Waals surface area contributed by atoms with E-state index in [1.165, 1.54) is 0 Å². The molecule has 2 rings (SSSR count). The topological polar surface area (TPSA) is 16.1 Å². The summed E-state index contributed by atoms with van der Waals surface area (Å²) in [6, 6.07) is 3.54. The third kappa shape index (κ3) is 2.91. The van der Waals surface area contributed by atoms with Gasteiger partial charge in [-0.3, -0.25) is 0 Å². The van der Waals surface area contributed by atoms with E-state index in [-0.39, 0.29) is 13.0 Å². The summed E-state index contributed by atoms with van der Waals surface area (Å²) in [7, 11) is 0. The van der Waals surface area contributed by atoms with Gasteiger partial charge in [-0.2, -0.15) is 13.2 Å². The Kier molecular flexibility index (Phi) is 3.61. The van der Waals surface area contributed by atoms with Crippen molar-refractivity contribution in [3.63, 3.8) is 0 Å². The molecular formula is C11H12BrF3N2. The van der Waals surface area contributed by atoms with Crippen molar-refractivity contribution in [3.05, 3.63) is 22.8 Å². The van der Waals surface area contributed by atoms with Crippen LogP contribution in [0.4, 0.5) is 19.0 Å². The maximum Gasteiger partial charge on any atom is 0.393 e. The summed E-state index contributed by atoms with van der Waals surface area (Å²) in [5.74, 6) is -0.647. The van der Waals surface area contributed by atoms with E-state index in [0.717, 1.165) is 4.47 Å². The molecule has 1 atom stereocenters. The standard InChI is InChI=1S/C11H12BrF3N2/c12-9-4-1-5-16-10(9)17-6-2-3-8(7-17)11(13,14)15/h1,4-5,8H,2-3,6-7H2. The normalized spacial score (nSPS) is 21.6. The Morgan fingerprint density at radius 1 is 1.41 bits per heavy atom. The molecule has 0 bridgehead atoms. The van der Waals surface area contributed by atoms with E-state index in [2.05, 4.69) is 20.9 Å². The summed E-state index contributed by atoms with van der Waals surface area (Å²) in [6.07, 6.45) is -1.76. The number of pyridine rings is 1. The predicted molar refractivity (Wildman–Crippen MR) is 62.9 cm³/mol. The van der Waals surface area contributed by atoms with Crippen LogP contribution < -0.4 is 4.90 Å². The maximum absolute atomic E-state index is 12.7. The van der Waals surface area contributed by atoms with E-state index in [4.69, 9.17) is 0 Å². The van der Waals surface area contributed by atoms with Crippen molar-refractivity contribution in [3.8, 4) is 0 Å². The molecule has 17 heavy (non-hydrogen) atoms. The van der Waals surface area contributed by atoms with E-state index in [1.54, 1.807) is 23.2 Å². The van der Waals surface area contributed by atoms with Gasteiger partial charge < -0.3 is 4.90 Å². The molecule has 1 unspecified atom stereocenters. The van der Waals surface area contributed by atoms with E-state index >= 15 is 0 Å². The number of aromatic nitrogens is 1. The quantitative estimate of drug-likeness (QED) is 0.787. The Bertz CT molecular complexity index is 395. The van der Waals surface area contributed by atoms with Crippen LogP contribution in [0.2, 0.25) is 0 Å². The van der Waals surface area contributed by atoms with Crippen molar-refractivity contribution in [2.24, 2.45) is 5.92 Å². The van der Waals surface area contributed by atoms with Gasteiger partial charge in [-0.1, -0.05) is 0 Å². The lowest BCUT2D eigenvalue weighted by atomic mass is 9.97. The molecule has 6 heteroatoms. The molecule has 0 N–H and O–H groups in total. The number of nitrogens with zero attached hydrogens (tertiary/aromatic N) is 2. The Morgan fingerprint density at radius 3 is 2.82 bits per heavy atom. The van der Waals surface area contributed by atoms with Crippen LogP contribution >= 0.6 is 15.9 Å². The fourth-order valence-corrected chi connectivity index (χ4v) is 2.55. The Hall–Kier alpha value is -0.780. The lowest BCUT2D eigenvalue weighted by Gasteiger charge is -2.34. The molecule has 0 saturated carbocycles. The van der Waals surface area contributed by atoms with Crippen molar-refractivity contribution in [1.29, 1.82) is 0 Å². The molecule has 1 aliphatic heterocycles. The summed E-state index contributed by atoms with van der Waals surface area (Å²) >= 11 is 3.32. The highest BCUT2D eigenvalue weighted by atomic mass is 79.9. The molecule has 0 spiro atoms. The molecule has 0 aliphatic carbocycles. The van der Waals surface area contributed by atoms with Crippen LogP contribution in [0, 0.1) is 5.92 Å². The summed E-state index contributed by atoms with van der Waals surface area (Å²) < 4.78 is 38.8. The third-order valence-corrected chi connectivity index (χ3v) is 3.54. The molecule has 2 nitrogen and oxygen atoms in total. The second-order valence-corrected chi connectivity index (χ2v) is 4.99. The molecule has 1 aliphatic rings. The second-order valence-electron chi connectivity index (χ2n) is 4.14. The largest absolute Gasteiger partial charge is 0.393 e. The Balaban J connectivity index is 2.15. The van der Waals surface area contributed by atoms with Crippen molar-refractivity contribution >= 4 is 21.7 Å². The molecule has 1 aromatic rings. The SMILES string of the molecule is FC(F)(F)C1CCCN(c2ncccc2Br)C1. The van der Waals surface area contributed by atoms with Gasteiger partial charge >= 0.3 is 6.18 Å². The average Bonchev–Trinajstić information content (AvgIpc) is 2.29. The molecule has 1 fully saturated rings. The molecule has 1 aromatic heterocycles. The van der Waals surface area contributed by atoms with Gasteiger partial charge in [-0.15, -0.1) is 0 Å². The van der Waals surface area contributed by atoms with Gasteiger partial charge in [0.25, 0.3) is 0 Å². The lowest BCUT2D eigenvalue weighted by Crippen LogP contribution is -2.42. The first-order valence-electron chi connectivity index (χ1n) is 5.40. The Morgan fingerprint density at radius 2 is 2.18 bits per heavy atom. The van der Waals surface area contributed by atoms with E-state index in [9.17, 15) is 13.2 Å². The average molecular weight is 309 g/mol. The van der Waals surface area contributed by atoms with Gasteiger partial charge in [0.15, 0.2) is 0 Å². The first-order chi connectivity index (χ1) is 7.98. The van der Waals surface area contributed by atoms with Crippen molar-refractivity contribution < 1.29 is 13.2 Å². The van der Waals surface area contributed by atoms with Crippen LogP contribution in [0.25, 0.3) is 0 Å². The zero-order valence-electron chi connectivity index (χ0n) is 9.04. The Labute approximate surface area is 106 Å². The van der Waals surface area contributed by atoms with Crippen LogP contribution in [-0.2, 0) is 0 Å². The van der Waals surface area contributed by atoms with Gasteiger partial charge in [-0.25, -0.2) is 4.98 Å². The minimum Gasteiger partial charge on any atom is -0.355 e.